The van der Waals surface area contributed by atoms with Crippen molar-refractivity contribution < 1.29 is 0 Å². The molecular formula is C18H22IN3. The zero-order chi connectivity index (χ0) is 14.7. The standard InChI is InChI=1S/C18H21N3.HI/c1-2-13-8-10-15(11-9-13)20-18(19)21-17-12-16(17)14-6-4-3-5-7-14;/h3-11,16-17H,2,12H2,1H3,(H3,19,20,21);1H. The normalized spacial score (nSPS) is 20.1. The van der Waals surface area contributed by atoms with E-state index in [1.807, 2.05) is 18.2 Å². The maximum atomic E-state index is 6.00. The Balaban J connectivity index is 0.00000176. The number of nitrogens with zero attached hydrogens (tertiary/aromatic N) is 1. The van der Waals surface area contributed by atoms with Gasteiger partial charge in [0.05, 0.1) is 6.04 Å². The third-order valence-corrected chi connectivity index (χ3v) is 3.92. The molecule has 1 aliphatic carbocycles. The van der Waals surface area contributed by atoms with Crippen molar-refractivity contribution in [1.82, 2.24) is 0 Å². The molecule has 3 rings (SSSR count). The van der Waals surface area contributed by atoms with Gasteiger partial charge in [-0.25, -0.2) is 4.99 Å². The molecule has 22 heavy (non-hydrogen) atoms. The Bertz CT molecular complexity index is 623. The van der Waals surface area contributed by atoms with Crippen molar-refractivity contribution in [3.05, 3.63) is 65.7 Å². The van der Waals surface area contributed by atoms with Crippen LogP contribution >= 0.6 is 24.0 Å². The highest BCUT2D eigenvalue weighted by Crippen LogP contribution is 2.43. The summed E-state index contributed by atoms with van der Waals surface area (Å²) < 4.78 is 0. The van der Waals surface area contributed by atoms with Gasteiger partial charge in [0.1, 0.15) is 0 Å². The molecular weight excluding hydrogens is 385 g/mol. The summed E-state index contributed by atoms with van der Waals surface area (Å²) in [5, 5.41) is 3.16. The van der Waals surface area contributed by atoms with Gasteiger partial charge in [-0.15, -0.1) is 24.0 Å². The van der Waals surface area contributed by atoms with Crippen molar-refractivity contribution in [2.45, 2.75) is 31.7 Å². The fourth-order valence-electron chi connectivity index (χ4n) is 2.57. The first kappa shape index (κ1) is 16.8. The molecule has 0 spiro atoms. The minimum atomic E-state index is 0. The summed E-state index contributed by atoms with van der Waals surface area (Å²) in [5.41, 5.74) is 9.66. The summed E-state index contributed by atoms with van der Waals surface area (Å²) in [6.45, 7) is 2.15. The highest BCUT2D eigenvalue weighted by molar-refractivity contribution is 14.0. The van der Waals surface area contributed by atoms with E-state index in [4.69, 9.17) is 5.73 Å². The number of nitrogens with two attached hydrogens (primary N) is 1. The van der Waals surface area contributed by atoms with Crippen LogP contribution in [0.1, 0.15) is 30.4 Å². The molecule has 4 heteroatoms. The monoisotopic (exact) mass is 407 g/mol. The van der Waals surface area contributed by atoms with Crippen LogP contribution in [-0.2, 0) is 6.42 Å². The second-order valence-corrected chi connectivity index (χ2v) is 5.51. The van der Waals surface area contributed by atoms with Gasteiger partial charge < -0.3 is 11.1 Å². The molecule has 2 aromatic rings. The van der Waals surface area contributed by atoms with Crippen molar-refractivity contribution in [3.8, 4) is 0 Å². The minimum absolute atomic E-state index is 0. The van der Waals surface area contributed by atoms with Crippen LogP contribution in [0.5, 0.6) is 0 Å². The quantitative estimate of drug-likeness (QED) is 0.455. The number of halogens is 1. The first-order valence-corrected chi connectivity index (χ1v) is 7.50. The molecule has 2 aromatic carbocycles. The first-order chi connectivity index (χ1) is 10.3. The predicted molar refractivity (Wildman–Crippen MR) is 104 cm³/mol. The third kappa shape index (κ3) is 4.22. The molecule has 0 amide bonds. The Morgan fingerprint density at radius 3 is 2.45 bits per heavy atom. The number of rotatable bonds is 4. The SMILES string of the molecule is CCc1ccc(NC(N)=NC2CC2c2ccccc2)cc1.I. The average Bonchev–Trinajstić information content (AvgIpc) is 3.28. The molecule has 0 saturated heterocycles. The zero-order valence-electron chi connectivity index (χ0n) is 12.7. The molecule has 1 fully saturated rings. The molecule has 0 aromatic heterocycles. The van der Waals surface area contributed by atoms with Crippen molar-refractivity contribution >= 4 is 35.6 Å². The van der Waals surface area contributed by atoms with Crippen LogP contribution in [0.3, 0.4) is 0 Å². The summed E-state index contributed by atoms with van der Waals surface area (Å²) in [7, 11) is 0. The van der Waals surface area contributed by atoms with Crippen LogP contribution in [0.25, 0.3) is 0 Å². The van der Waals surface area contributed by atoms with E-state index < -0.39 is 0 Å². The van der Waals surface area contributed by atoms with Gasteiger partial charge in [0.2, 0.25) is 0 Å². The molecule has 1 saturated carbocycles. The first-order valence-electron chi connectivity index (χ1n) is 7.50. The fourth-order valence-corrected chi connectivity index (χ4v) is 2.57. The summed E-state index contributed by atoms with van der Waals surface area (Å²) in [6, 6.07) is 19.1. The van der Waals surface area contributed by atoms with E-state index in [0.717, 1.165) is 18.5 Å². The molecule has 1 aliphatic rings. The van der Waals surface area contributed by atoms with Crippen LogP contribution in [0.2, 0.25) is 0 Å². The number of hydrogen-bond donors (Lipinski definition) is 2. The van der Waals surface area contributed by atoms with E-state index in [2.05, 4.69) is 53.6 Å². The zero-order valence-corrected chi connectivity index (χ0v) is 15.0. The maximum Gasteiger partial charge on any atom is 0.193 e. The number of hydrogen-bond acceptors (Lipinski definition) is 1. The van der Waals surface area contributed by atoms with E-state index in [1.54, 1.807) is 0 Å². The highest BCUT2D eigenvalue weighted by atomic mass is 127. The van der Waals surface area contributed by atoms with Crippen LogP contribution < -0.4 is 11.1 Å². The molecule has 0 bridgehead atoms. The number of benzene rings is 2. The largest absolute Gasteiger partial charge is 0.370 e. The molecule has 116 valence electrons. The molecule has 0 radical (unpaired) electrons. The van der Waals surface area contributed by atoms with E-state index in [0.29, 0.717) is 17.9 Å². The van der Waals surface area contributed by atoms with E-state index in [1.165, 1.54) is 11.1 Å². The Morgan fingerprint density at radius 2 is 1.82 bits per heavy atom. The molecule has 0 heterocycles. The Morgan fingerprint density at radius 1 is 1.14 bits per heavy atom. The van der Waals surface area contributed by atoms with E-state index >= 15 is 0 Å². The highest BCUT2D eigenvalue weighted by Gasteiger charge is 2.38. The number of aryl methyl sites for hydroxylation is 1. The Labute approximate surface area is 149 Å². The van der Waals surface area contributed by atoms with Gasteiger partial charge in [0, 0.05) is 11.6 Å². The lowest BCUT2D eigenvalue weighted by atomic mass is 10.1. The molecule has 3 nitrogen and oxygen atoms in total. The number of nitrogens with one attached hydrogen (secondary N) is 1. The van der Waals surface area contributed by atoms with Gasteiger partial charge in [-0.05, 0) is 36.1 Å². The minimum Gasteiger partial charge on any atom is -0.370 e. The van der Waals surface area contributed by atoms with Crippen LogP contribution in [0, 0.1) is 0 Å². The van der Waals surface area contributed by atoms with Gasteiger partial charge in [-0.3, -0.25) is 0 Å². The predicted octanol–water partition coefficient (Wildman–Crippen LogP) is 4.15. The number of guanidine groups is 1. The van der Waals surface area contributed by atoms with Crippen LogP contribution in [0.15, 0.2) is 59.6 Å². The number of aliphatic imine (C=N–C) groups is 1. The van der Waals surface area contributed by atoms with Crippen molar-refractivity contribution in [2.24, 2.45) is 10.7 Å². The van der Waals surface area contributed by atoms with Gasteiger partial charge >= 0.3 is 0 Å². The lowest BCUT2D eigenvalue weighted by Gasteiger charge is -2.06. The Hall–Kier alpha value is -1.56. The van der Waals surface area contributed by atoms with Gasteiger partial charge in [-0.1, -0.05) is 49.4 Å². The lowest BCUT2D eigenvalue weighted by molar-refractivity contribution is 0.985. The van der Waals surface area contributed by atoms with E-state index in [9.17, 15) is 0 Å². The van der Waals surface area contributed by atoms with Gasteiger partial charge in [0.25, 0.3) is 0 Å². The summed E-state index contributed by atoms with van der Waals surface area (Å²) in [4.78, 5) is 4.57. The summed E-state index contributed by atoms with van der Waals surface area (Å²) >= 11 is 0. The topological polar surface area (TPSA) is 50.4 Å². The van der Waals surface area contributed by atoms with Crippen molar-refractivity contribution in [3.63, 3.8) is 0 Å². The second kappa shape index (κ2) is 7.63. The lowest BCUT2D eigenvalue weighted by Crippen LogP contribution is -2.23. The van der Waals surface area contributed by atoms with E-state index in [-0.39, 0.29) is 24.0 Å². The second-order valence-electron chi connectivity index (χ2n) is 5.51. The smallest absolute Gasteiger partial charge is 0.193 e. The number of anilines is 1. The Kier molecular flexibility index (Phi) is 5.83. The molecule has 2 unspecified atom stereocenters. The van der Waals surface area contributed by atoms with Gasteiger partial charge in [-0.2, -0.15) is 0 Å². The molecule has 2 atom stereocenters. The van der Waals surface area contributed by atoms with Gasteiger partial charge in [0.15, 0.2) is 5.96 Å². The fraction of sp³-hybridized carbons (Fsp3) is 0.278. The van der Waals surface area contributed by atoms with Crippen molar-refractivity contribution in [1.29, 1.82) is 0 Å². The molecule has 0 aliphatic heterocycles. The third-order valence-electron chi connectivity index (χ3n) is 3.92. The maximum absolute atomic E-state index is 6.00. The van der Waals surface area contributed by atoms with Crippen LogP contribution in [0.4, 0.5) is 5.69 Å². The van der Waals surface area contributed by atoms with Crippen molar-refractivity contribution in [2.75, 3.05) is 5.32 Å². The van der Waals surface area contributed by atoms with Crippen LogP contribution in [-0.4, -0.2) is 12.0 Å². The summed E-state index contributed by atoms with van der Waals surface area (Å²) in [6.07, 6.45) is 2.13. The summed E-state index contributed by atoms with van der Waals surface area (Å²) in [5.74, 6) is 1.02. The average molecular weight is 407 g/mol. The molecule has 3 N–H and O–H groups in total.